The largest absolute Gasteiger partial charge is 0.507 e. The molecule has 3 aromatic carbocycles. The van der Waals surface area contributed by atoms with Gasteiger partial charge in [-0.25, -0.2) is 4.39 Å². The van der Waals surface area contributed by atoms with E-state index in [1.165, 1.54) is 29.2 Å². The first-order valence-corrected chi connectivity index (χ1v) is 9.23. The molecule has 1 aliphatic heterocycles. The number of carbonyl (C=O) groups is 2. The van der Waals surface area contributed by atoms with E-state index >= 15 is 0 Å². The summed E-state index contributed by atoms with van der Waals surface area (Å²) in [5.41, 5.74) is 1.14. The molecule has 1 saturated heterocycles. The van der Waals surface area contributed by atoms with Gasteiger partial charge in [0.15, 0.2) is 0 Å². The zero-order chi connectivity index (χ0) is 20.5. The summed E-state index contributed by atoms with van der Waals surface area (Å²) in [7, 11) is 0. The number of benzene rings is 3. The molecule has 0 saturated carbocycles. The molecular formula is C23H15ClFNO3. The van der Waals surface area contributed by atoms with Crippen LogP contribution in [0.5, 0.6) is 0 Å². The molecule has 6 heteroatoms. The number of carbonyl (C=O) groups excluding carboxylic acids is 2. The molecule has 1 heterocycles. The molecular weight excluding hydrogens is 393 g/mol. The van der Waals surface area contributed by atoms with E-state index in [0.717, 1.165) is 0 Å². The summed E-state index contributed by atoms with van der Waals surface area (Å²) < 4.78 is 13.4. The average molecular weight is 408 g/mol. The highest BCUT2D eigenvalue weighted by molar-refractivity contribution is 6.52. The fourth-order valence-corrected chi connectivity index (χ4v) is 3.68. The molecule has 3 aromatic rings. The number of ketones is 1. The van der Waals surface area contributed by atoms with Gasteiger partial charge in [0.05, 0.1) is 11.6 Å². The molecule has 0 aromatic heterocycles. The first kappa shape index (κ1) is 18.9. The summed E-state index contributed by atoms with van der Waals surface area (Å²) in [6, 6.07) is 19.6. The lowest BCUT2D eigenvalue weighted by molar-refractivity contribution is -0.132. The molecule has 1 amide bonds. The van der Waals surface area contributed by atoms with Crippen LogP contribution in [0.2, 0.25) is 5.02 Å². The van der Waals surface area contributed by atoms with Crippen LogP contribution >= 0.6 is 11.6 Å². The molecule has 0 radical (unpaired) electrons. The Labute approximate surface area is 171 Å². The number of hydrogen-bond acceptors (Lipinski definition) is 3. The second-order valence-corrected chi connectivity index (χ2v) is 6.94. The van der Waals surface area contributed by atoms with Crippen LogP contribution in [0.4, 0.5) is 10.1 Å². The third-order valence-electron chi connectivity index (χ3n) is 4.80. The highest BCUT2D eigenvalue weighted by atomic mass is 35.5. The lowest BCUT2D eigenvalue weighted by Gasteiger charge is -2.26. The number of rotatable bonds is 3. The van der Waals surface area contributed by atoms with Gasteiger partial charge in [-0.15, -0.1) is 0 Å². The van der Waals surface area contributed by atoms with Crippen molar-refractivity contribution in [2.75, 3.05) is 4.90 Å². The fourth-order valence-electron chi connectivity index (χ4n) is 3.44. The van der Waals surface area contributed by atoms with E-state index in [1.807, 2.05) is 0 Å². The highest BCUT2D eigenvalue weighted by Gasteiger charge is 2.47. The molecule has 4 nitrogen and oxygen atoms in total. The van der Waals surface area contributed by atoms with Gasteiger partial charge in [-0.3, -0.25) is 14.5 Å². The lowest BCUT2D eigenvalue weighted by atomic mass is 9.95. The van der Waals surface area contributed by atoms with Crippen LogP contribution in [0.3, 0.4) is 0 Å². The van der Waals surface area contributed by atoms with Crippen LogP contribution in [-0.2, 0) is 9.59 Å². The van der Waals surface area contributed by atoms with Gasteiger partial charge in [-0.2, -0.15) is 0 Å². The van der Waals surface area contributed by atoms with Crippen molar-refractivity contribution in [2.45, 2.75) is 6.04 Å². The van der Waals surface area contributed by atoms with Crippen molar-refractivity contribution in [1.82, 2.24) is 0 Å². The number of hydrogen-bond donors (Lipinski definition) is 1. The number of aliphatic hydroxyl groups excluding tert-OH is 1. The van der Waals surface area contributed by atoms with E-state index in [1.54, 1.807) is 54.6 Å². The second kappa shape index (κ2) is 7.53. The Morgan fingerprint density at radius 2 is 1.52 bits per heavy atom. The van der Waals surface area contributed by atoms with Gasteiger partial charge in [0.25, 0.3) is 11.7 Å². The van der Waals surface area contributed by atoms with Gasteiger partial charge in [-0.05, 0) is 35.9 Å². The summed E-state index contributed by atoms with van der Waals surface area (Å²) >= 11 is 6.38. The average Bonchev–Trinajstić information content (AvgIpc) is 3.00. The number of anilines is 1. The van der Waals surface area contributed by atoms with Crippen molar-refractivity contribution in [3.8, 4) is 0 Å². The Morgan fingerprint density at radius 3 is 2.17 bits per heavy atom. The molecule has 4 rings (SSSR count). The number of nitrogens with zero attached hydrogens (tertiary/aromatic N) is 1. The van der Waals surface area contributed by atoms with Crippen LogP contribution in [-0.4, -0.2) is 16.8 Å². The SMILES string of the molecule is O=C1C(=O)N(c2ccc(F)cc2)[C@H](c2ccccc2Cl)/C1=C(\O)c1ccccc1. The molecule has 1 fully saturated rings. The molecule has 0 aliphatic carbocycles. The minimum absolute atomic E-state index is 0.0707. The lowest BCUT2D eigenvalue weighted by Crippen LogP contribution is -2.29. The summed E-state index contributed by atoms with van der Waals surface area (Å²) in [6.45, 7) is 0. The Bertz CT molecular complexity index is 1130. The van der Waals surface area contributed by atoms with E-state index in [9.17, 15) is 19.1 Å². The van der Waals surface area contributed by atoms with Crippen LogP contribution in [0.1, 0.15) is 17.2 Å². The number of halogens is 2. The predicted octanol–water partition coefficient (Wildman–Crippen LogP) is 5.11. The van der Waals surface area contributed by atoms with Crippen molar-refractivity contribution in [2.24, 2.45) is 0 Å². The Hall–Kier alpha value is -3.44. The van der Waals surface area contributed by atoms with Crippen LogP contribution in [0.15, 0.2) is 84.4 Å². The maximum Gasteiger partial charge on any atom is 0.300 e. The van der Waals surface area contributed by atoms with Crippen LogP contribution in [0.25, 0.3) is 5.76 Å². The minimum Gasteiger partial charge on any atom is -0.507 e. The van der Waals surface area contributed by atoms with Gasteiger partial charge < -0.3 is 5.11 Å². The van der Waals surface area contributed by atoms with Gasteiger partial charge in [-0.1, -0.05) is 60.1 Å². The van der Waals surface area contributed by atoms with E-state index in [4.69, 9.17) is 11.6 Å². The molecule has 1 N–H and O–H groups in total. The number of amides is 1. The molecule has 1 atom stereocenters. The third kappa shape index (κ3) is 3.30. The van der Waals surface area contributed by atoms with Crippen molar-refractivity contribution in [1.29, 1.82) is 0 Å². The predicted molar refractivity (Wildman–Crippen MR) is 109 cm³/mol. The van der Waals surface area contributed by atoms with Gasteiger partial charge >= 0.3 is 0 Å². The molecule has 29 heavy (non-hydrogen) atoms. The molecule has 1 aliphatic rings. The van der Waals surface area contributed by atoms with Gasteiger partial charge in [0, 0.05) is 16.3 Å². The van der Waals surface area contributed by atoms with Crippen molar-refractivity contribution in [3.63, 3.8) is 0 Å². The van der Waals surface area contributed by atoms with E-state index in [2.05, 4.69) is 0 Å². The summed E-state index contributed by atoms with van der Waals surface area (Å²) in [4.78, 5) is 27.1. The first-order valence-electron chi connectivity index (χ1n) is 8.85. The fraction of sp³-hybridized carbons (Fsp3) is 0.0435. The topological polar surface area (TPSA) is 57.6 Å². The van der Waals surface area contributed by atoms with Crippen molar-refractivity contribution >= 4 is 34.7 Å². The zero-order valence-electron chi connectivity index (χ0n) is 15.0. The second-order valence-electron chi connectivity index (χ2n) is 6.53. The van der Waals surface area contributed by atoms with Crippen LogP contribution in [0, 0.1) is 5.82 Å². The molecule has 0 unspecified atom stereocenters. The zero-order valence-corrected chi connectivity index (χ0v) is 15.8. The Balaban J connectivity index is 1.97. The smallest absolute Gasteiger partial charge is 0.300 e. The highest BCUT2D eigenvalue weighted by Crippen LogP contribution is 2.44. The van der Waals surface area contributed by atoms with E-state index in [-0.39, 0.29) is 11.3 Å². The van der Waals surface area contributed by atoms with Crippen molar-refractivity contribution in [3.05, 3.63) is 106 Å². The number of aliphatic hydroxyl groups is 1. The monoisotopic (exact) mass is 407 g/mol. The number of Topliss-reactive ketones (excluding diaryl/α,β-unsaturated/α-hetero) is 1. The molecule has 0 bridgehead atoms. The Morgan fingerprint density at radius 1 is 0.897 bits per heavy atom. The minimum atomic E-state index is -0.950. The summed E-state index contributed by atoms with van der Waals surface area (Å²) in [5.74, 6) is -2.41. The standard InChI is InChI=1S/C23H15ClFNO3/c24-18-9-5-4-8-17(18)20-19(21(27)14-6-2-1-3-7-14)22(28)23(29)26(20)16-12-10-15(25)11-13-16/h1-13,20,27H/b21-19+/t20-/m1/s1. The normalized spacial score (nSPS) is 18.3. The summed E-state index contributed by atoms with van der Waals surface area (Å²) in [6.07, 6.45) is 0. The maximum atomic E-state index is 13.4. The Kier molecular flexibility index (Phi) is 4.91. The van der Waals surface area contributed by atoms with E-state index < -0.39 is 23.5 Å². The molecule has 0 spiro atoms. The third-order valence-corrected chi connectivity index (χ3v) is 5.14. The quantitative estimate of drug-likeness (QED) is 0.373. The van der Waals surface area contributed by atoms with Gasteiger partial charge in [0.2, 0.25) is 0 Å². The maximum absolute atomic E-state index is 13.4. The van der Waals surface area contributed by atoms with Gasteiger partial charge in [0.1, 0.15) is 11.6 Å². The van der Waals surface area contributed by atoms with Crippen LogP contribution < -0.4 is 4.90 Å². The van der Waals surface area contributed by atoms with Crippen molar-refractivity contribution < 1.29 is 19.1 Å². The van der Waals surface area contributed by atoms with E-state index in [0.29, 0.717) is 21.8 Å². The first-order chi connectivity index (χ1) is 14.0. The molecule has 144 valence electrons. The summed E-state index contributed by atoms with van der Waals surface area (Å²) in [5, 5.41) is 11.3.